The number of furan rings is 1. The monoisotopic (exact) mass is 293 g/mol. The van der Waals surface area contributed by atoms with Crippen molar-refractivity contribution in [1.82, 2.24) is 4.31 Å². The Morgan fingerprint density at radius 1 is 1.33 bits per heavy atom. The topological polar surface area (TPSA) is 50.5 Å². The van der Waals surface area contributed by atoms with E-state index in [1.807, 2.05) is 13.8 Å². The number of hydrogen-bond acceptors (Lipinski definition) is 3. The molecular formula is C12H20ClNO3S. The minimum Gasteiger partial charge on any atom is -0.465 e. The lowest BCUT2D eigenvalue weighted by Crippen LogP contribution is -2.35. The first kappa shape index (κ1) is 15.5. The molecule has 0 aliphatic heterocycles. The van der Waals surface area contributed by atoms with Crippen LogP contribution in [0.4, 0.5) is 0 Å². The third-order valence-corrected chi connectivity index (χ3v) is 5.74. The van der Waals surface area contributed by atoms with Crippen LogP contribution in [0.5, 0.6) is 0 Å². The lowest BCUT2D eigenvalue weighted by atomic mass is 10.3. The van der Waals surface area contributed by atoms with Crippen molar-refractivity contribution in [2.45, 2.75) is 50.9 Å². The Bertz CT molecular complexity index is 522. The third-order valence-electron chi connectivity index (χ3n) is 3.31. The zero-order chi connectivity index (χ0) is 14.1. The van der Waals surface area contributed by atoms with Gasteiger partial charge in [-0.25, -0.2) is 8.42 Å². The molecule has 0 aliphatic carbocycles. The van der Waals surface area contributed by atoms with Gasteiger partial charge in [-0.1, -0.05) is 6.92 Å². The minimum atomic E-state index is -3.55. The van der Waals surface area contributed by atoms with E-state index in [4.69, 9.17) is 16.0 Å². The van der Waals surface area contributed by atoms with Crippen LogP contribution in [0.25, 0.3) is 0 Å². The summed E-state index contributed by atoms with van der Waals surface area (Å²) >= 11 is 5.83. The molecule has 0 saturated carbocycles. The Labute approximate surface area is 114 Å². The van der Waals surface area contributed by atoms with Gasteiger partial charge in [0.1, 0.15) is 16.4 Å². The molecule has 0 saturated heterocycles. The highest BCUT2D eigenvalue weighted by molar-refractivity contribution is 7.89. The second-order valence-electron chi connectivity index (χ2n) is 4.43. The molecule has 0 spiro atoms. The molecule has 0 aromatic carbocycles. The lowest BCUT2D eigenvalue weighted by molar-refractivity contribution is 0.379. The molecule has 0 bridgehead atoms. The van der Waals surface area contributed by atoms with Crippen molar-refractivity contribution in [2.75, 3.05) is 7.05 Å². The maximum absolute atomic E-state index is 12.6. The molecule has 104 valence electrons. The highest BCUT2D eigenvalue weighted by Crippen LogP contribution is 2.30. The number of hydrogen-bond donors (Lipinski definition) is 0. The van der Waals surface area contributed by atoms with Gasteiger partial charge >= 0.3 is 0 Å². The number of aryl methyl sites for hydroxylation is 2. The second kappa shape index (κ2) is 5.63. The van der Waals surface area contributed by atoms with E-state index in [0.717, 1.165) is 6.42 Å². The number of rotatable bonds is 5. The summed E-state index contributed by atoms with van der Waals surface area (Å²) in [6.07, 6.45) is 0.752. The van der Waals surface area contributed by atoms with Crippen LogP contribution in [0.1, 0.15) is 37.4 Å². The second-order valence-corrected chi connectivity index (χ2v) is 6.64. The summed E-state index contributed by atoms with van der Waals surface area (Å²) in [5, 5.41) is 0. The van der Waals surface area contributed by atoms with Crippen molar-refractivity contribution in [3.05, 3.63) is 17.1 Å². The highest BCUT2D eigenvalue weighted by Gasteiger charge is 2.31. The van der Waals surface area contributed by atoms with E-state index in [9.17, 15) is 8.42 Å². The summed E-state index contributed by atoms with van der Waals surface area (Å²) in [7, 11) is -1.96. The van der Waals surface area contributed by atoms with E-state index < -0.39 is 10.0 Å². The number of nitrogens with zero attached hydrogens (tertiary/aromatic N) is 1. The van der Waals surface area contributed by atoms with Gasteiger partial charge in [-0.05, 0) is 27.2 Å². The predicted molar refractivity (Wildman–Crippen MR) is 72.4 cm³/mol. The van der Waals surface area contributed by atoms with Crippen LogP contribution >= 0.6 is 11.6 Å². The molecule has 1 aromatic heterocycles. The predicted octanol–water partition coefficient (Wildman–Crippen LogP) is 3.05. The smallest absolute Gasteiger partial charge is 0.246 e. The van der Waals surface area contributed by atoms with E-state index >= 15 is 0 Å². The first-order chi connectivity index (χ1) is 8.27. The molecule has 6 heteroatoms. The van der Waals surface area contributed by atoms with Crippen LogP contribution in [0, 0.1) is 13.8 Å². The Morgan fingerprint density at radius 3 is 2.33 bits per heavy atom. The first-order valence-corrected chi connectivity index (χ1v) is 7.87. The third kappa shape index (κ3) is 2.58. The summed E-state index contributed by atoms with van der Waals surface area (Å²) in [5.41, 5.74) is 0.560. The van der Waals surface area contributed by atoms with Gasteiger partial charge in [0.15, 0.2) is 0 Å². The van der Waals surface area contributed by atoms with E-state index in [-0.39, 0.29) is 16.8 Å². The van der Waals surface area contributed by atoms with Crippen molar-refractivity contribution >= 4 is 21.6 Å². The SMILES string of the molecule is CCC(C)N(C)S(=O)(=O)c1c(C)oc(C)c1CCl. The first-order valence-electron chi connectivity index (χ1n) is 5.90. The highest BCUT2D eigenvalue weighted by atomic mass is 35.5. The summed E-state index contributed by atoms with van der Waals surface area (Å²) in [5.74, 6) is 1.10. The standard InChI is InChI=1S/C12H20ClNO3S/c1-6-8(2)14(5)18(15,16)12-10(4)17-9(3)11(12)7-13/h8H,6-7H2,1-5H3. The fourth-order valence-corrected chi connectivity index (χ4v) is 4.08. The van der Waals surface area contributed by atoms with Gasteiger partial charge in [0, 0.05) is 18.7 Å². The van der Waals surface area contributed by atoms with E-state index in [0.29, 0.717) is 17.1 Å². The molecule has 1 heterocycles. The Morgan fingerprint density at radius 2 is 1.89 bits per heavy atom. The molecule has 1 rings (SSSR count). The molecular weight excluding hydrogens is 274 g/mol. The average molecular weight is 294 g/mol. The lowest BCUT2D eigenvalue weighted by Gasteiger charge is -2.23. The fraction of sp³-hybridized carbons (Fsp3) is 0.667. The van der Waals surface area contributed by atoms with Gasteiger partial charge in [-0.3, -0.25) is 0 Å². The van der Waals surface area contributed by atoms with Crippen LogP contribution < -0.4 is 0 Å². The van der Waals surface area contributed by atoms with Crippen LogP contribution in [0.2, 0.25) is 0 Å². The van der Waals surface area contributed by atoms with Crippen molar-refractivity contribution < 1.29 is 12.8 Å². The maximum Gasteiger partial charge on any atom is 0.246 e. The van der Waals surface area contributed by atoms with Crippen LogP contribution in [0.3, 0.4) is 0 Å². The molecule has 0 fully saturated rings. The fourth-order valence-electron chi connectivity index (χ4n) is 1.84. The van der Waals surface area contributed by atoms with Crippen LogP contribution in [-0.4, -0.2) is 25.8 Å². The van der Waals surface area contributed by atoms with Gasteiger partial charge in [-0.2, -0.15) is 4.31 Å². The van der Waals surface area contributed by atoms with Crippen LogP contribution in [-0.2, 0) is 15.9 Å². The minimum absolute atomic E-state index is 0.0622. The number of halogens is 1. The largest absolute Gasteiger partial charge is 0.465 e. The zero-order valence-electron chi connectivity index (χ0n) is 11.4. The van der Waals surface area contributed by atoms with E-state index in [1.54, 1.807) is 20.9 Å². The summed E-state index contributed by atoms with van der Waals surface area (Å²) in [4.78, 5) is 0.220. The Hall–Kier alpha value is -0.520. The molecule has 4 nitrogen and oxygen atoms in total. The van der Waals surface area contributed by atoms with E-state index in [1.165, 1.54) is 4.31 Å². The zero-order valence-corrected chi connectivity index (χ0v) is 13.0. The number of sulfonamides is 1. The quantitative estimate of drug-likeness (QED) is 0.784. The van der Waals surface area contributed by atoms with Gasteiger partial charge in [0.05, 0.1) is 5.88 Å². The molecule has 0 aliphatic rings. The molecule has 0 radical (unpaired) electrons. The Balaban J connectivity index is 3.37. The van der Waals surface area contributed by atoms with Crippen LogP contribution in [0.15, 0.2) is 9.31 Å². The maximum atomic E-state index is 12.6. The Kier molecular flexibility index (Phi) is 4.86. The van der Waals surface area contributed by atoms with Crippen molar-refractivity contribution in [1.29, 1.82) is 0 Å². The summed E-state index contributed by atoms with van der Waals surface area (Å²) in [6, 6.07) is -0.0622. The molecule has 0 N–H and O–H groups in total. The van der Waals surface area contributed by atoms with Crippen molar-refractivity contribution in [2.24, 2.45) is 0 Å². The molecule has 1 aromatic rings. The van der Waals surface area contributed by atoms with Crippen molar-refractivity contribution in [3.8, 4) is 0 Å². The van der Waals surface area contributed by atoms with Crippen molar-refractivity contribution in [3.63, 3.8) is 0 Å². The van der Waals surface area contributed by atoms with Gasteiger partial charge in [-0.15, -0.1) is 11.6 Å². The van der Waals surface area contributed by atoms with Gasteiger partial charge in [0.25, 0.3) is 0 Å². The molecule has 0 amide bonds. The summed E-state index contributed by atoms with van der Waals surface area (Å²) in [6.45, 7) is 7.21. The molecule has 1 unspecified atom stereocenters. The summed E-state index contributed by atoms with van der Waals surface area (Å²) < 4.78 is 31.9. The van der Waals surface area contributed by atoms with Gasteiger partial charge in [0.2, 0.25) is 10.0 Å². The number of alkyl halides is 1. The molecule has 18 heavy (non-hydrogen) atoms. The normalized spacial score (nSPS) is 14.2. The average Bonchev–Trinajstić information content (AvgIpc) is 2.61. The molecule has 1 atom stereocenters. The van der Waals surface area contributed by atoms with Gasteiger partial charge < -0.3 is 4.42 Å². The van der Waals surface area contributed by atoms with E-state index in [2.05, 4.69) is 0 Å².